The molecule has 0 spiro atoms. The lowest BCUT2D eigenvalue weighted by Crippen LogP contribution is -2.21. The molecule has 0 amide bonds. The fourth-order valence-electron chi connectivity index (χ4n) is 2.44. The summed E-state index contributed by atoms with van der Waals surface area (Å²) in [5, 5.41) is 8.76. The van der Waals surface area contributed by atoms with Crippen LogP contribution in [0.5, 0.6) is 0 Å². The van der Waals surface area contributed by atoms with Crippen molar-refractivity contribution in [1.29, 1.82) is 0 Å². The topological polar surface area (TPSA) is 40.5 Å². The van der Waals surface area contributed by atoms with E-state index < -0.39 is 5.97 Å². The van der Waals surface area contributed by atoms with Crippen LogP contribution >= 0.6 is 0 Å². The predicted octanol–water partition coefficient (Wildman–Crippen LogP) is 5.30. The van der Waals surface area contributed by atoms with Gasteiger partial charge in [-0.05, 0) is 46.6 Å². The highest BCUT2D eigenvalue weighted by Gasteiger charge is 2.21. The number of aliphatic carboxylic acids is 1. The summed E-state index contributed by atoms with van der Waals surface area (Å²) in [7, 11) is 2.06. The van der Waals surface area contributed by atoms with Crippen LogP contribution in [-0.2, 0) is 15.6 Å². The lowest BCUT2D eigenvalue weighted by molar-refractivity contribution is -0.131. The molecule has 0 aromatic heterocycles. The molecule has 1 N–H and O–H groups in total. The Hall–Kier alpha value is -2.03. The molecule has 0 radical (unpaired) electrons. The molecule has 0 aliphatic rings. The summed E-state index contributed by atoms with van der Waals surface area (Å²) >= 11 is 0. The summed E-state index contributed by atoms with van der Waals surface area (Å²) in [4.78, 5) is 12.9. The highest BCUT2D eigenvalue weighted by atomic mass is 16.4. The quantitative estimate of drug-likeness (QED) is 0.582. The second kappa shape index (κ2) is 7.90. The number of benzene rings is 1. The number of carboxylic acid groups (broad SMARTS) is 1. The number of hydrogen-bond acceptors (Lipinski definition) is 2. The normalized spacial score (nSPS) is 13.4. The first-order chi connectivity index (χ1) is 11.3. The zero-order chi connectivity index (χ0) is 19.4. The smallest absolute Gasteiger partial charge is 0.328 e. The van der Waals surface area contributed by atoms with Gasteiger partial charge in [0.05, 0.1) is 0 Å². The Morgan fingerprint density at radius 2 is 1.52 bits per heavy atom. The number of nitrogens with zero attached hydrogens (tertiary/aromatic N) is 1. The minimum absolute atomic E-state index is 0.0908. The fraction of sp³-hybridized carbons (Fsp3) is 0.500. The average molecular weight is 344 g/mol. The van der Waals surface area contributed by atoms with Gasteiger partial charge in [-0.1, -0.05) is 59.8 Å². The van der Waals surface area contributed by atoms with Gasteiger partial charge in [-0.25, -0.2) is 4.79 Å². The van der Waals surface area contributed by atoms with Crippen LogP contribution in [-0.4, -0.2) is 24.7 Å². The summed E-state index contributed by atoms with van der Waals surface area (Å²) in [6.45, 7) is 15.9. The van der Waals surface area contributed by atoms with E-state index in [0.717, 1.165) is 12.1 Å². The van der Waals surface area contributed by atoms with E-state index >= 15 is 0 Å². The number of anilines is 1. The maximum Gasteiger partial charge on any atom is 0.328 e. The molecule has 0 saturated heterocycles. The molecule has 3 nitrogen and oxygen atoms in total. The van der Waals surface area contributed by atoms with Gasteiger partial charge in [0.15, 0.2) is 0 Å². The Labute approximate surface area is 153 Å². The van der Waals surface area contributed by atoms with E-state index in [1.165, 1.54) is 22.9 Å². The number of carboxylic acids is 1. The number of allylic oxidation sites excluding steroid dienone is 2. The van der Waals surface area contributed by atoms with Gasteiger partial charge in [0.25, 0.3) is 0 Å². The number of rotatable bonds is 5. The largest absolute Gasteiger partial charge is 0.478 e. The maximum atomic E-state index is 10.7. The molecule has 0 saturated carbocycles. The van der Waals surface area contributed by atoms with Gasteiger partial charge in [0.1, 0.15) is 0 Å². The van der Waals surface area contributed by atoms with Gasteiger partial charge in [-0.3, -0.25) is 0 Å². The van der Waals surface area contributed by atoms with Crippen molar-refractivity contribution in [3.63, 3.8) is 0 Å². The van der Waals surface area contributed by atoms with Gasteiger partial charge >= 0.3 is 5.97 Å². The minimum atomic E-state index is -0.914. The Kier molecular flexibility index (Phi) is 6.64. The van der Waals surface area contributed by atoms with Crippen LogP contribution in [0.15, 0.2) is 42.0 Å². The molecule has 0 aliphatic carbocycles. The second-order valence-corrected chi connectivity index (χ2v) is 8.78. The zero-order valence-electron chi connectivity index (χ0n) is 17.0. The number of likely N-dealkylation sites (N-methyl/N-ethyl adjacent to an activating group) is 1. The summed E-state index contributed by atoms with van der Waals surface area (Å²) in [5.41, 5.74) is 4.75. The van der Waals surface area contributed by atoms with E-state index in [0.29, 0.717) is 0 Å². The van der Waals surface area contributed by atoms with Crippen molar-refractivity contribution >= 4 is 11.7 Å². The van der Waals surface area contributed by atoms with Crippen LogP contribution < -0.4 is 4.90 Å². The van der Waals surface area contributed by atoms with Gasteiger partial charge in [-0.2, -0.15) is 0 Å². The van der Waals surface area contributed by atoms with Crippen molar-refractivity contribution in [2.24, 2.45) is 0 Å². The van der Waals surface area contributed by atoms with E-state index in [-0.39, 0.29) is 10.8 Å². The minimum Gasteiger partial charge on any atom is -0.478 e. The lowest BCUT2D eigenvalue weighted by atomic mass is 9.80. The molecule has 0 bridgehead atoms. The number of carbonyl (C=O) groups is 1. The third-order valence-electron chi connectivity index (χ3n) is 4.20. The van der Waals surface area contributed by atoms with Gasteiger partial charge in [0, 0.05) is 25.4 Å². The fourth-order valence-corrected chi connectivity index (χ4v) is 2.44. The molecular formula is C22H33NO2. The molecule has 0 fully saturated rings. The monoisotopic (exact) mass is 343 g/mol. The van der Waals surface area contributed by atoms with Gasteiger partial charge in [-0.15, -0.1) is 0 Å². The highest BCUT2D eigenvalue weighted by molar-refractivity contribution is 5.81. The van der Waals surface area contributed by atoms with E-state index in [1.807, 2.05) is 12.2 Å². The maximum absolute atomic E-state index is 10.7. The van der Waals surface area contributed by atoms with Gasteiger partial charge in [0.2, 0.25) is 0 Å². The molecule has 1 aromatic carbocycles. The number of hydrogen-bond donors (Lipinski definition) is 1. The summed E-state index contributed by atoms with van der Waals surface area (Å²) < 4.78 is 0. The van der Waals surface area contributed by atoms with E-state index in [4.69, 9.17) is 5.11 Å². The lowest BCUT2D eigenvalue weighted by Gasteiger charge is -2.28. The van der Waals surface area contributed by atoms with Crippen molar-refractivity contribution in [2.75, 3.05) is 18.5 Å². The van der Waals surface area contributed by atoms with E-state index in [9.17, 15) is 4.79 Å². The van der Waals surface area contributed by atoms with Crippen LogP contribution in [0.2, 0.25) is 0 Å². The molecule has 1 rings (SSSR count). The molecule has 138 valence electrons. The first-order valence-corrected chi connectivity index (χ1v) is 8.75. The van der Waals surface area contributed by atoms with Gasteiger partial charge < -0.3 is 10.0 Å². The predicted molar refractivity (Wildman–Crippen MR) is 108 cm³/mol. The van der Waals surface area contributed by atoms with Crippen LogP contribution in [0.25, 0.3) is 0 Å². The van der Waals surface area contributed by atoms with Crippen LogP contribution in [0, 0.1) is 0 Å². The summed E-state index contributed by atoms with van der Waals surface area (Å²) in [5.74, 6) is -0.914. The van der Waals surface area contributed by atoms with Crippen molar-refractivity contribution in [3.05, 3.63) is 53.1 Å². The van der Waals surface area contributed by atoms with Crippen molar-refractivity contribution in [2.45, 2.75) is 59.3 Å². The Morgan fingerprint density at radius 1 is 1.04 bits per heavy atom. The third kappa shape index (κ3) is 6.77. The van der Waals surface area contributed by atoms with E-state index in [2.05, 4.69) is 71.7 Å². The Balaban J connectivity index is 3.10. The van der Waals surface area contributed by atoms with Crippen molar-refractivity contribution in [1.82, 2.24) is 0 Å². The first kappa shape index (κ1) is 21.0. The molecular weight excluding hydrogens is 310 g/mol. The Morgan fingerprint density at radius 3 is 1.92 bits per heavy atom. The van der Waals surface area contributed by atoms with E-state index in [1.54, 1.807) is 6.92 Å². The Bertz CT molecular complexity index is 638. The molecule has 0 atom stereocenters. The first-order valence-electron chi connectivity index (χ1n) is 8.75. The second-order valence-electron chi connectivity index (χ2n) is 8.78. The molecule has 25 heavy (non-hydrogen) atoms. The molecule has 0 unspecified atom stereocenters. The molecule has 3 heteroatoms. The third-order valence-corrected chi connectivity index (χ3v) is 4.20. The van der Waals surface area contributed by atoms with Crippen LogP contribution in [0.3, 0.4) is 0 Å². The summed E-state index contributed by atoms with van der Waals surface area (Å²) in [6, 6.07) is 6.82. The zero-order valence-corrected chi connectivity index (χ0v) is 17.0. The molecule has 0 aliphatic heterocycles. The SMILES string of the molecule is CC(/C=C/CN(C)c1cc(C(C)(C)C)cc(C(C)(C)C)c1)=C\C(=O)O. The van der Waals surface area contributed by atoms with Crippen molar-refractivity contribution < 1.29 is 9.90 Å². The van der Waals surface area contributed by atoms with Crippen LogP contribution in [0.1, 0.15) is 59.6 Å². The van der Waals surface area contributed by atoms with Crippen molar-refractivity contribution in [3.8, 4) is 0 Å². The standard InChI is InChI=1S/C22H33NO2/c1-16(12-20(24)25)10-9-11-23(8)19-14-17(21(2,3)4)13-18(15-19)22(5,6)7/h9-10,12-15H,11H2,1-8H3,(H,24,25)/b10-9+,16-12+. The molecule has 1 aromatic rings. The molecule has 0 heterocycles. The average Bonchev–Trinajstić information content (AvgIpc) is 2.44. The van der Waals surface area contributed by atoms with Crippen LogP contribution in [0.4, 0.5) is 5.69 Å². The summed E-state index contributed by atoms with van der Waals surface area (Å²) in [6.07, 6.45) is 5.06. The highest BCUT2D eigenvalue weighted by Crippen LogP contribution is 2.33.